The molecule has 6 heteroatoms. The zero-order valence-corrected chi connectivity index (χ0v) is 11.2. The van der Waals surface area contributed by atoms with E-state index in [1.807, 2.05) is 39.7 Å². The summed E-state index contributed by atoms with van der Waals surface area (Å²) in [5, 5.41) is 4.18. The lowest BCUT2D eigenvalue weighted by Gasteiger charge is -2.06. The number of hydrogen-bond donors (Lipinski definition) is 1. The van der Waals surface area contributed by atoms with E-state index in [0.717, 1.165) is 28.6 Å². The zero-order valence-electron chi connectivity index (χ0n) is 9.62. The molecule has 92 valence electrons. The Kier molecular flexibility index (Phi) is 2.79. The summed E-state index contributed by atoms with van der Waals surface area (Å²) in [5.41, 5.74) is 7.90. The molecule has 0 atom stereocenters. The number of hydrogen-bond acceptors (Lipinski definition) is 3. The zero-order chi connectivity index (χ0) is 12.5. The van der Waals surface area contributed by atoms with Crippen molar-refractivity contribution >= 4 is 32.9 Å². The standard InChI is InChI=1S/C12H12BrN5/c13-9-2-3-10-11(8-9)18(12(14)16-10)7-6-17-5-1-4-15-17/h1-5,8H,6-7H2,(H2,14,16). The van der Waals surface area contributed by atoms with E-state index in [9.17, 15) is 0 Å². The normalized spacial score (nSPS) is 11.2. The first-order valence-corrected chi connectivity index (χ1v) is 6.42. The van der Waals surface area contributed by atoms with Gasteiger partial charge in [-0.25, -0.2) is 4.98 Å². The number of rotatable bonds is 3. The van der Waals surface area contributed by atoms with Gasteiger partial charge in [0.25, 0.3) is 0 Å². The molecule has 0 aliphatic carbocycles. The lowest BCUT2D eigenvalue weighted by Crippen LogP contribution is -2.10. The monoisotopic (exact) mass is 305 g/mol. The fraction of sp³-hybridized carbons (Fsp3) is 0.167. The number of fused-ring (bicyclic) bond motifs is 1. The molecule has 0 aliphatic rings. The highest BCUT2D eigenvalue weighted by molar-refractivity contribution is 9.10. The Bertz CT molecular complexity index is 671. The summed E-state index contributed by atoms with van der Waals surface area (Å²) in [6, 6.07) is 7.86. The van der Waals surface area contributed by atoms with Gasteiger partial charge in [0.05, 0.1) is 17.6 Å². The Labute approximate surface area is 112 Å². The van der Waals surface area contributed by atoms with Crippen LogP contribution in [0.3, 0.4) is 0 Å². The molecular formula is C12H12BrN5. The van der Waals surface area contributed by atoms with E-state index in [-0.39, 0.29) is 0 Å². The Balaban J connectivity index is 1.95. The van der Waals surface area contributed by atoms with Crippen molar-refractivity contribution in [3.05, 3.63) is 41.1 Å². The van der Waals surface area contributed by atoms with Crippen molar-refractivity contribution in [3.63, 3.8) is 0 Å². The van der Waals surface area contributed by atoms with Gasteiger partial charge in [-0.2, -0.15) is 5.10 Å². The van der Waals surface area contributed by atoms with Crippen molar-refractivity contribution in [2.24, 2.45) is 0 Å². The van der Waals surface area contributed by atoms with Gasteiger partial charge in [0, 0.05) is 23.4 Å². The molecule has 0 saturated heterocycles. The van der Waals surface area contributed by atoms with Gasteiger partial charge in [-0.05, 0) is 24.3 Å². The van der Waals surface area contributed by atoms with Gasteiger partial charge in [-0.1, -0.05) is 15.9 Å². The lowest BCUT2D eigenvalue weighted by molar-refractivity contribution is 0.544. The van der Waals surface area contributed by atoms with E-state index in [1.54, 1.807) is 6.20 Å². The molecule has 0 bridgehead atoms. The largest absolute Gasteiger partial charge is 0.369 e. The second-order valence-corrected chi connectivity index (χ2v) is 4.94. The van der Waals surface area contributed by atoms with Crippen molar-refractivity contribution in [2.45, 2.75) is 13.1 Å². The number of benzene rings is 1. The van der Waals surface area contributed by atoms with Crippen LogP contribution < -0.4 is 5.73 Å². The summed E-state index contributed by atoms with van der Waals surface area (Å²) in [4.78, 5) is 4.34. The van der Waals surface area contributed by atoms with Crippen LogP contribution in [-0.2, 0) is 13.1 Å². The second kappa shape index (κ2) is 4.45. The lowest BCUT2D eigenvalue weighted by atomic mass is 10.3. The highest BCUT2D eigenvalue weighted by Gasteiger charge is 2.08. The summed E-state index contributed by atoms with van der Waals surface area (Å²) in [6.45, 7) is 1.52. The van der Waals surface area contributed by atoms with Crippen molar-refractivity contribution in [2.75, 3.05) is 5.73 Å². The summed E-state index contributed by atoms with van der Waals surface area (Å²) in [5.74, 6) is 0.537. The highest BCUT2D eigenvalue weighted by atomic mass is 79.9. The minimum Gasteiger partial charge on any atom is -0.369 e. The van der Waals surface area contributed by atoms with Gasteiger partial charge in [0.1, 0.15) is 0 Å². The molecule has 1 aromatic carbocycles. The number of nitrogens with zero attached hydrogens (tertiary/aromatic N) is 4. The van der Waals surface area contributed by atoms with E-state index in [4.69, 9.17) is 5.73 Å². The van der Waals surface area contributed by atoms with Crippen LogP contribution in [0.1, 0.15) is 0 Å². The molecule has 0 aliphatic heterocycles. The molecule has 0 spiro atoms. The number of anilines is 1. The van der Waals surface area contributed by atoms with Crippen LogP contribution in [0.4, 0.5) is 5.95 Å². The topological polar surface area (TPSA) is 61.7 Å². The first-order valence-electron chi connectivity index (χ1n) is 5.63. The number of nitrogens with two attached hydrogens (primary N) is 1. The first kappa shape index (κ1) is 11.3. The molecule has 3 rings (SSSR count). The molecule has 2 N–H and O–H groups in total. The first-order chi connectivity index (χ1) is 8.74. The number of halogens is 1. The maximum Gasteiger partial charge on any atom is 0.201 e. The van der Waals surface area contributed by atoms with Gasteiger partial charge in [-0.3, -0.25) is 4.68 Å². The van der Waals surface area contributed by atoms with Crippen LogP contribution in [0.25, 0.3) is 11.0 Å². The maximum atomic E-state index is 5.95. The van der Waals surface area contributed by atoms with Crippen molar-refractivity contribution in [3.8, 4) is 0 Å². The van der Waals surface area contributed by atoms with Crippen LogP contribution in [0.5, 0.6) is 0 Å². The Morgan fingerprint density at radius 2 is 2.17 bits per heavy atom. The van der Waals surface area contributed by atoms with Gasteiger partial charge in [-0.15, -0.1) is 0 Å². The summed E-state index contributed by atoms with van der Waals surface area (Å²) < 4.78 is 4.90. The van der Waals surface area contributed by atoms with Crippen LogP contribution in [0, 0.1) is 0 Å². The van der Waals surface area contributed by atoms with Gasteiger partial charge >= 0.3 is 0 Å². The predicted octanol–water partition coefficient (Wildman–Crippen LogP) is 2.28. The van der Waals surface area contributed by atoms with E-state index in [2.05, 4.69) is 26.0 Å². The Morgan fingerprint density at radius 3 is 2.94 bits per heavy atom. The van der Waals surface area contributed by atoms with Gasteiger partial charge in [0.15, 0.2) is 0 Å². The highest BCUT2D eigenvalue weighted by Crippen LogP contribution is 2.22. The van der Waals surface area contributed by atoms with Crippen molar-refractivity contribution < 1.29 is 0 Å². The average molecular weight is 306 g/mol. The van der Waals surface area contributed by atoms with Crippen LogP contribution >= 0.6 is 15.9 Å². The van der Waals surface area contributed by atoms with E-state index < -0.39 is 0 Å². The quantitative estimate of drug-likeness (QED) is 0.807. The van der Waals surface area contributed by atoms with Crippen LogP contribution in [-0.4, -0.2) is 19.3 Å². The molecule has 0 amide bonds. The summed E-state index contributed by atoms with van der Waals surface area (Å²) in [7, 11) is 0. The van der Waals surface area contributed by atoms with Crippen molar-refractivity contribution in [1.29, 1.82) is 0 Å². The molecule has 2 aromatic heterocycles. The minimum absolute atomic E-state index is 0.537. The summed E-state index contributed by atoms with van der Waals surface area (Å²) >= 11 is 3.47. The molecule has 0 unspecified atom stereocenters. The molecule has 0 radical (unpaired) electrons. The van der Waals surface area contributed by atoms with Crippen LogP contribution in [0.2, 0.25) is 0 Å². The maximum absolute atomic E-state index is 5.95. The van der Waals surface area contributed by atoms with E-state index in [1.165, 1.54) is 0 Å². The molecule has 18 heavy (non-hydrogen) atoms. The van der Waals surface area contributed by atoms with E-state index in [0.29, 0.717) is 5.95 Å². The van der Waals surface area contributed by atoms with Crippen molar-refractivity contribution in [1.82, 2.24) is 19.3 Å². The minimum atomic E-state index is 0.537. The van der Waals surface area contributed by atoms with Gasteiger partial charge in [0.2, 0.25) is 5.95 Å². The number of aromatic nitrogens is 4. The molecule has 3 aromatic rings. The average Bonchev–Trinajstić information content (AvgIpc) is 2.94. The Morgan fingerprint density at radius 1 is 1.28 bits per heavy atom. The predicted molar refractivity (Wildman–Crippen MR) is 74.1 cm³/mol. The fourth-order valence-corrected chi connectivity index (χ4v) is 2.33. The number of nitrogen functional groups attached to an aromatic ring is 1. The molecular weight excluding hydrogens is 294 g/mol. The fourth-order valence-electron chi connectivity index (χ4n) is 1.98. The Hall–Kier alpha value is -1.82. The molecule has 5 nitrogen and oxygen atoms in total. The third kappa shape index (κ3) is 1.99. The molecule has 0 fully saturated rings. The van der Waals surface area contributed by atoms with Crippen LogP contribution in [0.15, 0.2) is 41.1 Å². The number of aryl methyl sites for hydroxylation is 2. The molecule has 0 saturated carbocycles. The third-order valence-electron chi connectivity index (χ3n) is 2.85. The molecule has 2 heterocycles. The van der Waals surface area contributed by atoms with E-state index >= 15 is 0 Å². The smallest absolute Gasteiger partial charge is 0.201 e. The number of imidazole rings is 1. The SMILES string of the molecule is Nc1nc2ccc(Br)cc2n1CCn1cccn1. The third-order valence-corrected chi connectivity index (χ3v) is 3.34. The van der Waals surface area contributed by atoms with Gasteiger partial charge < -0.3 is 10.3 Å². The summed E-state index contributed by atoms with van der Waals surface area (Å²) in [6.07, 6.45) is 3.71. The second-order valence-electron chi connectivity index (χ2n) is 4.02.